The van der Waals surface area contributed by atoms with Gasteiger partial charge < -0.3 is 10.1 Å². The Morgan fingerprint density at radius 1 is 1.15 bits per heavy atom. The molecular formula is C18H15FN2O3S2. The van der Waals surface area contributed by atoms with Crippen molar-refractivity contribution in [2.24, 2.45) is 0 Å². The maximum absolute atomic E-state index is 13.7. The summed E-state index contributed by atoms with van der Waals surface area (Å²) < 4.78 is 18.9. The Balaban J connectivity index is 1.45. The zero-order chi connectivity index (χ0) is 18.4. The molecular weight excluding hydrogens is 375 g/mol. The molecule has 0 unspecified atom stereocenters. The normalized spacial score (nSPS) is 10.5. The van der Waals surface area contributed by atoms with E-state index >= 15 is 0 Å². The highest BCUT2D eigenvalue weighted by atomic mass is 32.1. The van der Waals surface area contributed by atoms with Crippen molar-refractivity contribution in [3.8, 4) is 0 Å². The molecule has 134 valence electrons. The number of carbonyl (C=O) groups excluding carboxylic acids is 2. The highest BCUT2D eigenvalue weighted by molar-refractivity contribution is 7.17. The second kappa shape index (κ2) is 8.68. The SMILES string of the molecule is O=C(OCCCNc1ncc(C(=O)c2ccccc2F)s1)c1cccs1. The molecule has 0 aliphatic rings. The van der Waals surface area contributed by atoms with Crippen LogP contribution in [0.25, 0.3) is 0 Å². The lowest BCUT2D eigenvalue weighted by molar-refractivity contribution is 0.0509. The summed E-state index contributed by atoms with van der Waals surface area (Å²) in [5.41, 5.74) is 0.0307. The van der Waals surface area contributed by atoms with Crippen molar-refractivity contribution in [2.75, 3.05) is 18.5 Å². The Hall–Kier alpha value is -2.58. The first-order valence-electron chi connectivity index (χ1n) is 7.84. The Kier molecular flexibility index (Phi) is 6.08. The van der Waals surface area contributed by atoms with Crippen LogP contribution in [0.5, 0.6) is 0 Å². The number of aromatic nitrogens is 1. The van der Waals surface area contributed by atoms with Crippen molar-refractivity contribution in [3.63, 3.8) is 0 Å². The summed E-state index contributed by atoms with van der Waals surface area (Å²) in [4.78, 5) is 29.0. The molecule has 1 N–H and O–H groups in total. The molecule has 0 aliphatic carbocycles. The van der Waals surface area contributed by atoms with E-state index in [1.54, 1.807) is 18.2 Å². The second-order valence-electron chi connectivity index (χ2n) is 5.23. The molecule has 0 aliphatic heterocycles. The van der Waals surface area contributed by atoms with E-state index in [2.05, 4.69) is 10.3 Å². The van der Waals surface area contributed by atoms with Gasteiger partial charge in [-0.15, -0.1) is 11.3 Å². The van der Waals surface area contributed by atoms with Crippen LogP contribution in [0.2, 0.25) is 0 Å². The van der Waals surface area contributed by atoms with E-state index in [4.69, 9.17) is 4.74 Å². The monoisotopic (exact) mass is 390 g/mol. The number of thiophene rings is 1. The molecule has 8 heteroatoms. The number of hydrogen-bond acceptors (Lipinski definition) is 7. The maximum Gasteiger partial charge on any atom is 0.348 e. The number of anilines is 1. The molecule has 5 nitrogen and oxygen atoms in total. The van der Waals surface area contributed by atoms with Gasteiger partial charge in [0.2, 0.25) is 5.78 Å². The molecule has 3 aromatic rings. The number of ketones is 1. The predicted octanol–water partition coefficient (Wildman–Crippen LogP) is 4.23. The molecule has 1 aromatic carbocycles. The molecule has 0 bridgehead atoms. The van der Waals surface area contributed by atoms with E-state index in [0.29, 0.717) is 27.9 Å². The van der Waals surface area contributed by atoms with Crippen LogP contribution >= 0.6 is 22.7 Å². The molecule has 3 rings (SSSR count). The zero-order valence-electron chi connectivity index (χ0n) is 13.6. The van der Waals surface area contributed by atoms with Gasteiger partial charge in [-0.25, -0.2) is 14.2 Å². The largest absolute Gasteiger partial charge is 0.461 e. The third-order valence-electron chi connectivity index (χ3n) is 3.40. The summed E-state index contributed by atoms with van der Waals surface area (Å²) >= 11 is 2.50. The lowest BCUT2D eigenvalue weighted by atomic mass is 10.1. The van der Waals surface area contributed by atoms with Crippen molar-refractivity contribution < 1.29 is 18.7 Å². The summed E-state index contributed by atoms with van der Waals surface area (Å²) in [5, 5.41) is 5.45. The molecule has 0 saturated heterocycles. The average molecular weight is 390 g/mol. The summed E-state index contributed by atoms with van der Waals surface area (Å²) in [7, 11) is 0. The van der Waals surface area contributed by atoms with Crippen molar-refractivity contribution in [1.82, 2.24) is 4.98 Å². The van der Waals surface area contributed by atoms with Crippen LogP contribution in [0, 0.1) is 5.82 Å². The number of thiazole rings is 1. The van der Waals surface area contributed by atoms with Gasteiger partial charge in [-0.1, -0.05) is 29.5 Å². The van der Waals surface area contributed by atoms with Crippen LogP contribution in [0.3, 0.4) is 0 Å². The zero-order valence-corrected chi connectivity index (χ0v) is 15.2. The highest BCUT2D eigenvalue weighted by Gasteiger charge is 2.16. The smallest absolute Gasteiger partial charge is 0.348 e. The van der Waals surface area contributed by atoms with Gasteiger partial charge in [0.25, 0.3) is 0 Å². The van der Waals surface area contributed by atoms with Gasteiger partial charge in [0, 0.05) is 6.54 Å². The van der Waals surface area contributed by atoms with E-state index < -0.39 is 11.6 Å². The molecule has 0 radical (unpaired) electrons. The van der Waals surface area contributed by atoms with Crippen molar-refractivity contribution in [2.45, 2.75) is 6.42 Å². The number of carbonyl (C=O) groups is 2. The Morgan fingerprint density at radius 3 is 2.77 bits per heavy atom. The summed E-state index contributed by atoms with van der Waals surface area (Å²) in [5.74, 6) is -1.27. The number of nitrogens with zero attached hydrogens (tertiary/aromatic N) is 1. The average Bonchev–Trinajstić information content (AvgIpc) is 3.33. The van der Waals surface area contributed by atoms with Crippen molar-refractivity contribution in [1.29, 1.82) is 0 Å². The van der Waals surface area contributed by atoms with E-state index in [-0.39, 0.29) is 18.1 Å². The molecule has 0 atom stereocenters. The van der Waals surface area contributed by atoms with Gasteiger partial charge in [-0.05, 0) is 30.0 Å². The van der Waals surface area contributed by atoms with Gasteiger partial charge >= 0.3 is 5.97 Å². The molecule has 0 spiro atoms. The van der Waals surface area contributed by atoms with E-state index in [1.807, 2.05) is 5.38 Å². The van der Waals surface area contributed by atoms with Crippen molar-refractivity contribution >= 4 is 39.6 Å². The van der Waals surface area contributed by atoms with Crippen LogP contribution in [0.4, 0.5) is 9.52 Å². The fourth-order valence-electron chi connectivity index (χ4n) is 2.14. The fourth-order valence-corrected chi connectivity index (χ4v) is 3.55. The number of halogens is 1. The maximum atomic E-state index is 13.7. The minimum absolute atomic E-state index is 0.0307. The lowest BCUT2D eigenvalue weighted by Gasteiger charge is -2.04. The van der Waals surface area contributed by atoms with Crippen LogP contribution in [-0.4, -0.2) is 29.9 Å². The number of ether oxygens (including phenoxy) is 1. The van der Waals surface area contributed by atoms with Crippen LogP contribution in [0.15, 0.2) is 48.0 Å². The van der Waals surface area contributed by atoms with E-state index in [0.717, 1.165) is 11.3 Å². The Morgan fingerprint density at radius 2 is 2.00 bits per heavy atom. The van der Waals surface area contributed by atoms with Crippen LogP contribution in [0.1, 0.15) is 31.3 Å². The molecule has 0 saturated carbocycles. The Labute approximate surface area is 157 Å². The van der Waals surface area contributed by atoms with Crippen LogP contribution < -0.4 is 5.32 Å². The van der Waals surface area contributed by atoms with Gasteiger partial charge in [0.15, 0.2) is 5.13 Å². The van der Waals surface area contributed by atoms with E-state index in [1.165, 1.54) is 35.7 Å². The number of rotatable bonds is 8. The summed E-state index contributed by atoms with van der Waals surface area (Å²) in [6.45, 7) is 0.828. The summed E-state index contributed by atoms with van der Waals surface area (Å²) in [6, 6.07) is 9.38. The lowest BCUT2D eigenvalue weighted by Crippen LogP contribution is -2.09. The highest BCUT2D eigenvalue weighted by Crippen LogP contribution is 2.22. The van der Waals surface area contributed by atoms with Gasteiger partial charge in [-0.2, -0.15) is 0 Å². The van der Waals surface area contributed by atoms with Crippen molar-refractivity contribution in [3.05, 3.63) is 69.1 Å². The first kappa shape index (κ1) is 18.2. The molecule has 0 amide bonds. The first-order valence-corrected chi connectivity index (χ1v) is 9.54. The van der Waals surface area contributed by atoms with E-state index in [9.17, 15) is 14.0 Å². The number of esters is 1. The fraction of sp³-hybridized carbons (Fsp3) is 0.167. The third kappa shape index (κ3) is 4.53. The minimum Gasteiger partial charge on any atom is -0.461 e. The van der Waals surface area contributed by atoms with Gasteiger partial charge in [0.1, 0.15) is 10.7 Å². The number of nitrogens with one attached hydrogen (secondary N) is 1. The first-order chi connectivity index (χ1) is 12.6. The summed E-state index contributed by atoms with van der Waals surface area (Å²) in [6.07, 6.45) is 2.03. The second-order valence-corrected chi connectivity index (χ2v) is 7.21. The molecule has 2 aromatic heterocycles. The quantitative estimate of drug-likeness (QED) is 0.354. The molecule has 0 fully saturated rings. The third-order valence-corrected chi connectivity index (χ3v) is 5.20. The van der Waals surface area contributed by atoms with Gasteiger partial charge in [-0.3, -0.25) is 4.79 Å². The number of benzene rings is 1. The predicted molar refractivity (Wildman–Crippen MR) is 99.7 cm³/mol. The minimum atomic E-state index is -0.548. The number of hydrogen-bond donors (Lipinski definition) is 1. The van der Waals surface area contributed by atoms with Crippen LogP contribution in [-0.2, 0) is 4.74 Å². The van der Waals surface area contributed by atoms with Gasteiger partial charge in [0.05, 0.1) is 23.2 Å². The Bertz CT molecular complexity index is 893. The standard InChI is InChI=1S/C18H15FN2O3S2/c19-13-6-2-1-5-12(13)16(22)15-11-21-18(26-15)20-8-4-9-24-17(23)14-7-3-10-25-14/h1-3,5-7,10-11H,4,8-9H2,(H,20,21). The molecule has 26 heavy (non-hydrogen) atoms. The molecule has 2 heterocycles. The topological polar surface area (TPSA) is 68.3 Å².